The summed E-state index contributed by atoms with van der Waals surface area (Å²) < 4.78 is 29.9. The molecule has 202 valence electrons. The van der Waals surface area contributed by atoms with E-state index in [-0.39, 0.29) is 23.1 Å². The van der Waals surface area contributed by atoms with E-state index in [1.54, 1.807) is 18.3 Å². The van der Waals surface area contributed by atoms with E-state index in [1.165, 1.54) is 30.5 Å². The zero-order chi connectivity index (χ0) is 27.4. The molecule has 3 heterocycles. The Kier molecular flexibility index (Phi) is 8.12. The molecule has 2 aromatic heterocycles. The van der Waals surface area contributed by atoms with Crippen molar-refractivity contribution in [2.75, 3.05) is 23.3 Å². The van der Waals surface area contributed by atoms with Gasteiger partial charge in [-0.15, -0.1) is 8.78 Å². The number of carboxylic acid groups (broad SMARTS) is 1. The molecule has 0 aliphatic carbocycles. The Morgan fingerprint density at radius 3 is 2.71 bits per heavy atom. The molecule has 1 amide bonds. The van der Waals surface area contributed by atoms with Crippen LogP contribution in [0.4, 0.5) is 20.3 Å². The van der Waals surface area contributed by atoms with Crippen LogP contribution in [-0.2, 0) is 4.79 Å². The summed E-state index contributed by atoms with van der Waals surface area (Å²) in [5.41, 5.74) is 3.96. The predicted molar refractivity (Wildman–Crippen MR) is 137 cm³/mol. The van der Waals surface area contributed by atoms with Crippen LogP contribution in [0.5, 0.6) is 5.75 Å². The molecule has 38 heavy (non-hydrogen) atoms. The van der Waals surface area contributed by atoms with Crippen molar-refractivity contribution in [2.45, 2.75) is 31.4 Å². The summed E-state index contributed by atoms with van der Waals surface area (Å²) in [5, 5.41) is 18.8. The number of anilines is 2. The van der Waals surface area contributed by atoms with Crippen LogP contribution in [-0.4, -0.2) is 56.9 Å². The monoisotopic (exact) mass is 548 g/mol. The number of aromatic amines is 1. The highest BCUT2D eigenvalue weighted by molar-refractivity contribution is 6.20. The van der Waals surface area contributed by atoms with Crippen molar-refractivity contribution >= 4 is 35.0 Å². The van der Waals surface area contributed by atoms with Gasteiger partial charge in [-0.25, -0.2) is 4.98 Å². The predicted octanol–water partition coefficient (Wildman–Crippen LogP) is 4.16. The molecule has 0 bridgehead atoms. The first-order chi connectivity index (χ1) is 18.0. The van der Waals surface area contributed by atoms with Gasteiger partial charge in [0.25, 0.3) is 5.91 Å². The molecule has 0 saturated carbocycles. The number of H-pyrrole nitrogens is 1. The maximum atomic E-state index is 13.0. The molecule has 0 radical (unpaired) electrons. The number of halogens is 3. The minimum atomic E-state index is -3.83. The minimum Gasteiger partial charge on any atom is -0.480 e. The largest absolute Gasteiger partial charge is 0.487 e. The molecule has 1 aliphatic heterocycles. The van der Waals surface area contributed by atoms with E-state index in [0.29, 0.717) is 35.7 Å². The lowest BCUT2D eigenvalue weighted by atomic mass is 9.90. The van der Waals surface area contributed by atoms with Crippen LogP contribution in [0.25, 0.3) is 11.3 Å². The molecule has 10 nitrogen and oxygen atoms in total. The second-order valence-electron chi connectivity index (χ2n) is 9.27. The van der Waals surface area contributed by atoms with Crippen molar-refractivity contribution < 1.29 is 28.2 Å². The first kappa shape index (κ1) is 27.3. The van der Waals surface area contributed by atoms with Crippen molar-refractivity contribution in [3.8, 4) is 17.0 Å². The molecule has 1 fully saturated rings. The van der Waals surface area contributed by atoms with Crippen LogP contribution >= 0.6 is 11.6 Å². The van der Waals surface area contributed by atoms with E-state index in [0.717, 1.165) is 13.0 Å². The van der Waals surface area contributed by atoms with Gasteiger partial charge in [-0.05, 0) is 61.1 Å². The average Bonchev–Trinajstić information content (AvgIpc) is 3.56. The number of benzene rings is 1. The number of nitrogens with one attached hydrogen (secondary N) is 2. The zero-order valence-corrected chi connectivity index (χ0v) is 21.2. The fraction of sp³-hybridized carbons (Fsp3) is 0.360. The van der Waals surface area contributed by atoms with Gasteiger partial charge >= 0.3 is 11.5 Å². The van der Waals surface area contributed by atoms with Gasteiger partial charge in [-0.2, -0.15) is 5.10 Å². The number of aromatic nitrogens is 3. The second kappa shape index (κ2) is 11.3. The van der Waals surface area contributed by atoms with Gasteiger partial charge in [0.2, 0.25) is 0 Å². The highest BCUT2D eigenvalue weighted by Gasteiger charge is 2.30. The number of pyridine rings is 1. The SMILES string of the molecule is CC(CC1CCN(c2ncc(C(=O)Nc3ccc(OC(F)(F)Cl)cc3)cc2-c2ccn[nH]2)C1)C(N)C(=O)O. The third kappa shape index (κ3) is 6.75. The lowest BCUT2D eigenvalue weighted by molar-refractivity contribution is -0.139. The van der Waals surface area contributed by atoms with Crippen LogP contribution in [0.2, 0.25) is 0 Å². The Labute approximate surface area is 222 Å². The summed E-state index contributed by atoms with van der Waals surface area (Å²) in [4.78, 5) is 30.9. The van der Waals surface area contributed by atoms with Gasteiger partial charge in [0, 0.05) is 48.3 Å². The highest BCUT2D eigenvalue weighted by Crippen LogP contribution is 2.34. The third-order valence-electron chi connectivity index (χ3n) is 6.45. The van der Waals surface area contributed by atoms with Crippen LogP contribution in [0.1, 0.15) is 30.1 Å². The van der Waals surface area contributed by atoms with Crippen LogP contribution in [0.15, 0.2) is 48.8 Å². The second-order valence-corrected chi connectivity index (χ2v) is 9.71. The Hall–Kier alpha value is -3.77. The van der Waals surface area contributed by atoms with Gasteiger partial charge in [-0.3, -0.25) is 14.7 Å². The standard InChI is InChI=1S/C25H27ClF2N6O4/c1-14(21(29)24(36)37)10-15-7-9-34(13-15)22-19(20-6-8-31-33-20)11-16(12-30-22)23(35)32-17-2-4-18(5-3-17)38-25(26,27)28/h2-6,8,11-12,14-15,21H,7,9-10,13,29H2,1H3,(H,31,33)(H,32,35)(H,36,37). The average molecular weight is 549 g/mol. The summed E-state index contributed by atoms with van der Waals surface area (Å²) in [5.74, 6) is -0.857. The number of alkyl halides is 3. The Morgan fingerprint density at radius 2 is 2.08 bits per heavy atom. The van der Waals surface area contributed by atoms with Gasteiger partial charge in [0.1, 0.15) is 17.6 Å². The fourth-order valence-corrected chi connectivity index (χ4v) is 4.60. The lowest BCUT2D eigenvalue weighted by Crippen LogP contribution is -2.37. The van der Waals surface area contributed by atoms with E-state index in [4.69, 9.17) is 17.3 Å². The molecule has 4 rings (SSSR count). The van der Waals surface area contributed by atoms with Gasteiger partial charge in [0.05, 0.1) is 11.3 Å². The summed E-state index contributed by atoms with van der Waals surface area (Å²) >= 11 is 4.77. The van der Waals surface area contributed by atoms with E-state index in [9.17, 15) is 23.5 Å². The minimum absolute atomic E-state index is 0.154. The first-order valence-electron chi connectivity index (χ1n) is 11.9. The van der Waals surface area contributed by atoms with E-state index in [1.807, 2.05) is 6.92 Å². The van der Waals surface area contributed by atoms with Crippen LogP contribution in [0.3, 0.4) is 0 Å². The van der Waals surface area contributed by atoms with Crippen LogP contribution in [0, 0.1) is 11.8 Å². The lowest BCUT2D eigenvalue weighted by Gasteiger charge is -2.23. The topological polar surface area (TPSA) is 146 Å². The van der Waals surface area contributed by atoms with Gasteiger partial charge < -0.3 is 25.8 Å². The van der Waals surface area contributed by atoms with Crippen molar-refractivity contribution in [1.29, 1.82) is 0 Å². The molecule has 1 saturated heterocycles. The summed E-state index contributed by atoms with van der Waals surface area (Å²) in [6.45, 7) is 3.23. The molecule has 3 atom stereocenters. The van der Waals surface area contributed by atoms with Crippen molar-refractivity contribution in [3.63, 3.8) is 0 Å². The Morgan fingerprint density at radius 1 is 1.34 bits per heavy atom. The maximum absolute atomic E-state index is 13.0. The fourth-order valence-electron chi connectivity index (χ4n) is 4.51. The molecular weight excluding hydrogens is 522 g/mol. The van der Waals surface area contributed by atoms with Crippen molar-refractivity contribution in [1.82, 2.24) is 15.2 Å². The number of nitrogens with two attached hydrogens (primary N) is 1. The summed E-state index contributed by atoms with van der Waals surface area (Å²) in [6.07, 6.45) is 4.60. The normalized spacial score (nSPS) is 17.2. The number of carboxylic acids is 1. The quantitative estimate of drug-likeness (QED) is 0.276. The molecule has 1 aromatic carbocycles. The third-order valence-corrected chi connectivity index (χ3v) is 6.53. The van der Waals surface area contributed by atoms with Crippen LogP contribution < -0.4 is 20.7 Å². The molecule has 1 aliphatic rings. The maximum Gasteiger partial charge on any atom is 0.487 e. The molecule has 3 aromatic rings. The Bertz CT molecular complexity index is 1270. The van der Waals surface area contributed by atoms with E-state index >= 15 is 0 Å². The molecular formula is C25H27ClF2N6O4. The highest BCUT2D eigenvalue weighted by atomic mass is 35.5. The number of ether oxygens (including phenoxy) is 1. The number of hydrogen-bond donors (Lipinski definition) is 4. The van der Waals surface area contributed by atoms with Gasteiger partial charge in [0.15, 0.2) is 0 Å². The smallest absolute Gasteiger partial charge is 0.480 e. The number of hydrogen-bond acceptors (Lipinski definition) is 7. The van der Waals surface area contributed by atoms with Crippen molar-refractivity contribution in [3.05, 3.63) is 54.4 Å². The summed E-state index contributed by atoms with van der Waals surface area (Å²) in [7, 11) is 0. The van der Waals surface area contributed by atoms with E-state index in [2.05, 4.69) is 30.1 Å². The summed E-state index contributed by atoms with van der Waals surface area (Å²) in [6, 6.07) is 7.91. The van der Waals surface area contributed by atoms with Gasteiger partial charge in [-0.1, -0.05) is 6.92 Å². The Balaban J connectivity index is 1.49. The molecule has 3 unspecified atom stereocenters. The number of aliphatic carboxylic acids is 1. The first-order valence-corrected chi connectivity index (χ1v) is 12.3. The number of carbonyl (C=O) groups is 2. The zero-order valence-electron chi connectivity index (χ0n) is 20.4. The number of amides is 1. The number of carbonyl (C=O) groups excluding carboxylic acids is 1. The van der Waals surface area contributed by atoms with Crippen molar-refractivity contribution in [2.24, 2.45) is 17.6 Å². The molecule has 0 spiro atoms. The molecule has 5 N–H and O–H groups in total. The molecule has 13 heteroatoms. The van der Waals surface area contributed by atoms with E-state index < -0.39 is 23.5 Å². The number of rotatable bonds is 10. The number of nitrogens with zero attached hydrogens (tertiary/aromatic N) is 3.